The van der Waals surface area contributed by atoms with E-state index in [9.17, 15) is 26.4 Å². The molecule has 0 amide bonds. The maximum atomic E-state index is 11.7. The number of hydrogen-bond acceptors (Lipinski definition) is 3. The number of carboxylic acids is 1. The summed E-state index contributed by atoms with van der Waals surface area (Å²) < 4.78 is 59.8. The van der Waals surface area contributed by atoms with Crippen molar-refractivity contribution in [2.45, 2.75) is 18.6 Å². The minimum Gasteiger partial charge on any atom is -0.480 e. The second-order valence-electron chi connectivity index (χ2n) is 2.86. The summed E-state index contributed by atoms with van der Waals surface area (Å²) in [6.07, 6.45) is -0.440. The minimum absolute atomic E-state index is 0.484. The van der Waals surface area contributed by atoms with Crippen molar-refractivity contribution in [1.82, 2.24) is 9.44 Å². The highest BCUT2D eigenvalue weighted by molar-refractivity contribution is 7.87. The summed E-state index contributed by atoms with van der Waals surface area (Å²) in [5, 5.41) is 8.52. The van der Waals surface area contributed by atoms with Gasteiger partial charge in [-0.05, 0) is 0 Å². The Labute approximate surface area is 95.4 Å². The summed E-state index contributed by atoms with van der Waals surface area (Å²) in [6, 6.07) is -1.68. The Hall–Kier alpha value is -1.31. The van der Waals surface area contributed by atoms with E-state index in [1.165, 1.54) is 4.72 Å². The van der Waals surface area contributed by atoms with Crippen molar-refractivity contribution in [1.29, 1.82) is 0 Å². The van der Waals surface area contributed by atoms with Crippen molar-refractivity contribution >= 4 is 16.2 Å². The van der Waals surface area contributed by atoms with E-state index in [-0.39, 0.29) is 0 Å². The predicted molar refractivity (Wildman–Crippen MR) is 51.0 cm³/mol. The topological polar surface area (TPSA) is 95.5 Å². The summed E-state index contributed by atoms with van der Waals surface area (Å²) >= 11 is 0. The molecule has 1 unspecified atom stereocenters. The smallest absolute Gasteiger partial charge is 0.402 e. The zero-order valence-corrected chi connectivity index (χ0v) is 9.10. The second kappa shape index (κ2) is 5.85. The zero-order valence-electron chi connectivity index (χ0n) is 8.28. The molecule has 0 radical (unpaired) electrons. The summed E-state index contributed by atoms with van der Waals surface area (Å²) in [6.45, 7) is -1.80. The first-order chi connectivity index (χ1) is 7.57. The van der Waals surface area contributed by atoms with Crippen LogP contribution in [0.3, 0.4) is 0 Å². The van der Waals surface area contributed by atoms with Gasteiger partial charge in [0, 0.05) is 6.42 Å². The van der Waals surface area contributed by atoms with Crippen LogP contribution in [0.2, 0.25) is 0 Å². The lowest BCUT2D eigenvalue weighted by Gasteiger charge is -2.13. The van der Waals surface area contributed by atoms with Crippen LogP contribution in [-0.2, 0) is 15.0 Å². The number of terminal acetylenes is 1. The number of hydrogen-bond donors (Lipinski definition) is 3. The fraction of sp³-hybridized carbons (Fsp3) is 0.571. The Bertz CT molecular complexity index is 412. The van der Waals surface area contributed by atoms with Gasteiger partial charge >= 0.3 is 12.1 Å². The van der Waals surface area contributed by atoms with E-state index in [2.05, 4.69) is 0 Å². The number of carbonyl (C=O) groups is 1. The van der Waals surface area contributed by atoms with Gasteiger partial charge in [0.1, 0.15) is 12.6 Å². The lowest BCUT2D eigenvalue weighted by molar-refractivity contribution is -0.138. The molecule has 0 aromatic rings. The third-order valence-electron chi connectivity index (χ3n) is 1.38. The molecule has 10 heteroatoms. The first-order valence-electron chi connectivity index (χ1n) is 4.07. The van der Waals surface area contributed by atoms with Crippen LogP contribution in [0, 0.1) is 12.3 Å². The third-order valence-corrected chi connectivity index (χ3v) is 2.50. The van der Waals surface area contributed by atoms with Crippen LogP contribution in [0.15, 0.2) is 0 Å². The zero-order chi connectivity index (χ0) is 13.7. The summed E-state index contributed by atoms with van der Waals surface area (Å²) in [7, 11) is -4.58. The molecule has 6 nitrogen and oxygen atoms in total. The number of carboxylic acid groups (broad SMARTS) is 1. The molecule has 0 aliphatic rings. The van der Waals surface area contributed by atoms with Gasteiger partial charge in [-0.25, -0.2) is 0 Å². The molecule has 0 spiro atoms. The van der Waals surface area contributed by atoms with Crippen LogP contribution >= 0.6 is 0 Å². The molecule has 98 valence electrons. The normalized spacial score (nSPS) is 14.0. The van der Waals surface area contributed by atoms with Gasteiger partial charge in [0.25, 0.3) is 10.2 Å². The lowest BCUT2D eigenvalue weighted by Crippen LogP contribution is -2.48. The van der Waals surface area contributed by atoms with Crippen LogP contribution in [0.1, 0.15) is 6.42 Å². The van der Waals surface area contributed by atoms with E-state index < -0.39 is 41.4 Å². The molecule has 0 aliphatic heterocycles. The molecule has 0 saturated heterocycles. The van der Waals surface area contributed by atoms with Crippen molar-refractivity contribution in [3.63, 3.8) is 0 Å². The van der Waals surface area contributed by atoms with E-state index in [0.717, 1.165) is 4.72 Å². The molecule has 0 aromatic carbocycles. The molecular formula is C7H9F3N2O4S. The van der Waals surface area contributed by atoms with Crippen LogP contribution in [0.5, 0.6) is 0 Å². The van der Waals surface area contributed by atoms with Crippen molar-refractivity contribution in [3.8, 4) is 12.3 Å². The number of halogens is 3. The largest absolute Gasteiger partial charge is 0.480 e. The van der Waals surface area contributed by atoms with Gasteiger partial charge in [0.05, 0.1) is 0 Å². The Balaban J connectivity index is 4.53. The number of aliphatic carboxylic acids is 1. The second-order valence-corrected chi connectivity index (χ2v) is 4.39. The van der Waals surface area contributed by atoms with E-state index >= 15 is 0 Å². The van der Waals surface area contributed by atoms with Gasteiger partial charge in [-0.1, -0.05) is 0 Å². The van der Waals surface area contributed by atoms with Crippen molar-refractivity contribution in [2.24, 2.45) is 0 Å². The predicted octanol–water partition coefficient (Wildman–Crippen LogP) is -0.551. The molecule has 0 heterocycles. The molecule has 0 rings (SSSR count). The monoisotopic (exact) mass is 274 g/mol. The molecule has 17 heavy (non-hydrogen) atoms. The van der Waals surface area contributed by atoms with E-state index in [0.29, 0.717) is 0 Å². The Morgan fingerprint density at radius 1 is 1.47 bits per heavy atom. The molecule has 0 aliphatic carbocycles. The standard InChI is InChI=1S/C7H9F3N2O4S/c1-2-3-5(6(13)14)12-17(15,16)11-4-7(8,9)10/h1,5,11-12H,3-4H2,(H,13,14). The first kappa shape index (κ1) is 15.7. The number of alkyl halides is 3. The van der Waals surface area contributed by atoms with Crippen LogP contribution in [0.25, 0.3) is 0 Å². The summed E-state index contributed by atoms with van der Waals surface area (Å²) in [5.74, 6) is 0.303. The van der Waals surface area contributed by atoms with Gasteiger partial charge in [-0.2, -0.15) is 31.0 Å². The average Bonchev–Trinajstić information content (AvgIpc) is 2.13. The Morgan fingerprint density at radius 3 is 2.35 bits per heavy atom. The van der Waals surface area contributed by atoms with Crippen LogP contribution < -0.4 is 9.44 Å². The highest BCUT2D eigenvalue weighted by Gasteiger charge is 2.31. The number of rotatable bonds is 6. The van der Waals surface area contributed by atoms with E-state index in [1.807, 2.05) is 5.92 Å². The molecule has 0 aromatic heterocycles. The molecule has 0 bridgehead atoms. The van der Waals surface area contributed by atoms with Crippen molar-refractivity contribution < 1.29 is 31.5 Å². The van der Waals surface area contributed by atoms with Crippen LogP contribution in [-0.4, -0.2) is 38.3 Å². The van der Waals surface area contributed by atoms with Crippen LogP contribution in [0.4, 0.5) is 13.2 Å². The lowest BCUT2D eigenvalue weighted by atomic mass is 10.2. The first-order valence-corrected chi connectivity index (χ1v) is 5.55. The van der Waals surface area contributed by atoms with Gasteiger partial charge in [-0.3, -0.25) is 4.79 Å². The molecule has 0 fully saturated rings. The van der Waals surface area contributed by atoms with Crippen molar-refractivity contribution in [3.05, 3.63) is 0 Å². The Kier molecular flexibility index (Phi) is 5.40. The van der Waals surface area contributed by atoms with Gasteiger partial charge in [-0.15, -0.1) is 12.3 Å². The quantitative estimate of drug-likeness (QED) is 0.566. The summed E-state index contributed by atoms with van der Waals surface area (Å²) in [4.78, 5) is 10.5. The van der Waals surface area contributed by atoms with E-state index in [1.54, 1.807) is 0 Å². The fourth-order valence-corrected chi connectivity index (χ4v) is 1.70. The third kappa shape index (κ3) is 7.56. The number of nitrogens with one attached hydrogen (secondary N) is 2. The average molecular weight is 274 g/mol. The Morgan fingerprint density at radius 2 is 2.00 bits per heavy atom. The van der Waals surface area contributed by atoms with Gasteiger partial charge in [0.2, 0.25) is 0 Å². The summed E-state index contributed by atoms with van der Waals surface area (Å²) in [5.41, 5.74) is 0. The highest BCUT2D eigenvalue weighted by atomic mass is 32.2. The van der Waals surface area contributed by atoms with Crippen molar-refractivity contribution in [2.75, 3.05) is 6.54 Å². The fourth-order valence-electron chi connectivity index (χ4n) is 0.703. The maximum Gasteiger partial charge on any atom is 0.402 e. The molecule has 0 saturated carbocycles. The van der Waals surface area contributed by atoms with Gasteiger partial charge < -0.3 is 5.11 Å². The molecular weight excluding hydrogens is 265 g/mol. The van der Waals surface area contributed by atoms with E-state index in [4.69, 9.17) is 11.5 Å². The molecule has 3 N–H and O–H groups in total. The van der Waals surface area contributed by atoms with Gasteiger partial charge in [0.15, 0.2) is 0 Å². The minimum atomic E-state index is -4.74. The SMILES string of the molecule is C#CCC(NS(=O)(=O)NCC(F)(F)F)C(=O)O. The molecule has 1 atom stereocenters. The maximum absolute atomic E-state index is 11.7. The highest BCUT2D eigenvalue weighted by Crippen LogP contribution is 2.12.